The Morgan fingerprint density at radius 3 is 2.83 bits per heavy atom. The number of nitrogens with one attached hydrogen (secondary N) is 2. The van der Waals surface area contributed by atoms with Gasteiger partial charge >= 0.3 is 0 Å². The highest BCUT2D eigenvalue weighted by Gasteiger charge is 2.20. The van der Waals surface area contributed by atoms with Crippen molar-refractivity contribution in [1.82, 2.24) is 15.5 Å². The number of guanidine groups is 1. The van der Waals surface area contributed by atoms with Crippen molar-refractivity contribution in [3.63, 3.8) is 0 Å². The first-order valence-electron chi connectivity index (χ1n) is 8.77. The van der Waals surface area contributed by atoms with Crippen LogP contribution in [-0.2, 0) is 6.54 Å². The second-order valence-electron chi connectivity index (χ2n) is 7.42. The van der Waals surface area contributed by atoms with Crippen LogP contribution in [0.25, 0.3) is 0 Å². The molecule has 2 rings (SSSR count). The highest BCUT2D eigenvalue weighted by molar-refractivity contribution is 14.0. The Bertz CT molecular complexity index is 482. The molecule has 1 unspecified atom stereocenters. The summed E-state index contributed by atoms with van der Waals surface area (Å²) < 4.78 is 0. The highest BCUT2D eigenvalue weighted by Crippen LogP contribution is 2.20. The van der Waals surface area contributed by atoms with Gasteiger partial charge < -0.3 is 10.6 Å². The van der Waals surface area contributed by atoms with Crippen LogP contribution in [0.1, 0.15) is 45.4 Å². The lowest BCUT2D eigenvalue weighted by Gasteiger charge is -2.32. The number of thiophene rings is 1. The molecule has 1 fully saturated rings. The van der Waals surface area contributed by atoms with Crippen molar-refractivity contribution >= 4 is 41.3 Å². The first-order valence-corrected chi connectivity index (χ1v) is 9.65. The predicted octanol–water partition coefficient (Wildman–Crippen LogP) is 3.93. The molecule has 4 nitrogen and oxygen atoms in total. The zero-order valence-electron chi connectivity index (χ0n) is 15.5. The van der Waals surface area contributed by atoms with Crippen LogP contribution in [0.15, 0.2) is 22.5 Å². The van der Waals surface area contributed by atoms with E-state index in [-0.39, 0.29) is 29.5 Å². The third-order valence-electron chi connectivity index (χ3n) is 3.91. The summed E-state index contributed by atoms with van der Waals surface area (Å²) in [5, 5.41) is 8.99. The highest BCUT2D eigenvalue weighted by atomic mass is 127. The molecule has 2 N–H and O–H groups in total. The van der Waals surface area contributed by atoms with Crippen molar-refractivity contribution in [2.45, 2.75) is 52.6 Å². The Morgan fingerprint density at radius 2 is 2.21 bits per heavy atom. The van der Waals surface area contributed by atoms with Gasteiger partial charge in [0.2, 0.25) is 0 Å². The normalized spacial score (nSPS) is 19.7. The van der Waals surface area contributed by atoms with E-state index in [1.54, 1.807) is 0 Å². The fraction of sp³-hybridized carbons (Fsp3) is 0.722. The zero-order chi connectivity index (χ0) is 16.7. The number of hydrogen-bond acceptors (Lipinski definition) is 3. The summed E-state index contributed by atoms with van der Waals surface area (Å²) in [6.07, 6.45) is 2.58. The van der Waals surface area contributed by atoms with E-state index < -0.39 is 0 Å². The maximum Gasteiger partial charge on any atom is 0.191 e. The summed E-state index contributed by atoms with van der Waals surface area (Å²) in [4.78, 5) is 8.88. The quantitative estimate of drug-likeness (QED) is 0.394. The molecule has 0 spiro atoms. The molecule has 1 saturated heterocycles. The molecule has 1 aliphatic heterocycles. The van der Waals surface area contributed by atoms with Crippen LogP contribution in [0.4, 0.5) is 0 Å². The molecule has 0 aliphatic carbocycles. The molecule has 2 heterocycles. The fourth-order valence-electron chi connectivity index (χ4n) is 2.95. The monoisotopic (exact) mass is 464 g/mol. The van der Waals surface area contributed by atoms with Crippen molar-refractivity contribution in [3.8, 4) is 0 Å². The minimum atomic E-state index is 0. The summed E-state index contributed by atoms with van der Waals surface area (Å²) in [6, 6.07) is 4.38. The maximum absolute atomic E-state index is 4.82. The second kappa shape index (κ2) is 10.6. The Balaban J connectivity index is 0.00000288. The lowest BCUT2D eigenvalue weighted by Crippen LogP contribution is -2.48. The number of likely N-dealkylation sites (tertiary alicyclic amines) is 1. The summed E-state index contributed by atoms with van der Waals surface area (Å²) >= 11 is 1.86. The van der Waals surface area contributed by atoms with Crippen molar-refractivity contribution in [1.29, 1.82) is 0 Å². The van der Waals surface area contributed by atoms with Crippen molar-refractivity contribution in [2.75, 3.05) is 26.2 Å². The molecule has 138 valence electrons. The van der Waals surface area contributed by atoms with Crippen LogP contribution in [0.3, 0.4) is 0 Å². The van der Waals surface area contributed by atoms with Gasteiger partial charge in [-0.25, -0.2) is 0 Å². The van der Waals surface area contributed by atoms with Crippen molar-refractivity contribution in [2.24, 2.45) is 10.9 Å². The van der Waals surface area contributed by atoms with Crippen LogP contribution in [0.2, 0.25) is 0 Å². The van der Waals surface area contributed by atoms with E-state index in [4.69, 9.17) is 4.99 Å². The lowest BCUT2D eigenvalue weighted by atomic mass is 9.98. The number of hydrogen-bond donors (Lipinski definition) is 2. The first-order chi connectivity index (χ1) is 11.0. The fourth-order valence-corrected chi connectivity index (χ4v) is 3.70. The number of rotatable bonds is 5. The van der Waals surface area contributed by atoms with Gasteiger partial charge in [0.25, 0.3) is 0 Å². The summed E-state index contributed by atoms with van der Waals surface area (Å²) in [7, 11) is 0. The van der Waals surface area contributed by atoms with E-state index in [1.807, 2.05) is 11.3 Å². The third-order valence-corrected chi connectivity index (χ3v) is 4.77. The molecular formula is C18H33IN4S. The van der Waals surface area contributed by atoms with Crippen molar-refractivity contribution < 1.29 is 0 Å². The van der Waals surface area contributed by atoms with Gasteiger partial charge in [-0.05, 0) is 64.4 Å². The van der Waals surface area contributed by atoms with Gasteiger partial charge in [0.15, 0.2) is 5.96 Å². The van der Waals surface area contributed by atoms with Crippen LogP contribution in [0.5, 0.6) is 0 Å². The Kier molecular flexibility index (Phi) is 9.59. The minimum absolute atomic E-state index is 0. The van der Waals surface area contributed by atoms with Crippen molar-refractivity contribution in [3.05, 3.63) is 22.4 Å². The Hall–Kier alpha value is -0.340. The molecule has 1 aromatic heterocycles. The average molecular weight is 464 g/mol. The maximum atomic E-state index is 4.82. The smallest absolute Gasteiger partial charge is 0.191 e. The van der Waals surface area contributed by atoms with Crippen LogP contribution in [0, 0.1) is 5.92 Å². The number of halogens is 1. The first kappa shape index (κ1) is 21.7. The molecule has 1 aromatic rings. The SMILES string of the molecule is CCNC(=NCC1CCCN(Cc2cccs2)C1)NC(C)(C)C.I. The molecule has 1 aliphatic rings. The minimum Gasteiger partial charge on any atom is -0.357 e. The van der Waals surface area contributed by atoms with Gasteiger partial charge in [-0.15, -0.1) is 35.3 Å². The van der Waals surface area contributed by atoms with E-state index >= 15 is 0 Å². The van der Waals surface area contributed by atoms with Gasteiger partial charge in [-0.1, -0.05) is 6.07 Å². The van der Waals surface area contributed by atoms with E-state index in [0.29, 0.717) is 5.92 Å². The average Bonchev–Trinajstić information content (AvgIpc) is 2.97. The van der Waals surface area contributed by atoms with E-state index in [2.05, 4.69) is 60.7 Å². The summed E-state index contributed by atoms with van der Waals surface area (Å²) in [5.74, 6) is 1.61. The largest absolute Gasteiger partial charge is 0.357 e. The second-order valence-corrected chi connectivity index (χ2v) is 8.45. The Labute approximate surface area is 168 Å². The van der Waals surface area contributed by atoms with E-state index in [0.717, 1.165) is 32.1 Å². The molecule has 1 atom stereocenters. The van der Waals surface area contributed by atoms with Gasteiger partial charge in [-0.2, -0.15) is 0 Å². The molecular weight excluding hydrogens is 431 g/mol. The number of piperidine rings is 1. The van der Waals surface area contributed by atoms with Crippen LogP contribution >= 0.6 is 35.3 Å². The number of aliphatic imine (C=N–C) groups is 1. The summed E-state index contributed by atoms with van der Waals surface area (Å²) in [6.45, 7) is 13.9. The van der Waals surface area contributed by atoms with E-state index in [9.17, 15) is 0 Å². The summed E-state index contributed by atoms with van der Waals surface area (Å²) in [5.41, 5.74) is 0.0405. The molecule has 24 heavy (non-hydrogen) atoms. The van der Waals surface area contributed by atoms with E-state index in [1.165, 1.54) is 24.3 Å². The molecule has 0 saturated carbocycles. The van der Waals surface area contributed by atoms with Gasteiger partial charge in [0, 0.05) is 36.6 Å². The van der Waals surface area contributed by atoms with Crippen LogP contribution < -0.4 is 10.6 Å². The zero-order valence-corrected chi connectivity index (χ0v) is 18.6. The lowest BCUT2D eigenvalue weighted by molar-refractivity contribution is 0.172. The standard InChI is InChI=1S/C18H32N4S.HI/c1-5-19-17(21-18(2,3)4)20-12-15-8-6-10-22(13-15)14-16-9-7-11-23-16;/h7,9,11,15H,5-6,8,10,12-14H2,1-4H3,(H2,19,20,21);1H. The van der Waals surface area contributed by atoms with Gasteiger partial charge in [0.05, 0.1) is 0 Å². The van der Waals surface area contributed by atoms with Gasteiger partial charge in [0.1, 0.15) is 0 Å². The molecule has 0 radical (unpaired) electrons. The predicted molar refractivity (Wildman–Crippen MR) is 117 cm³/mol. The third kappa shape index (κ3) is 8.16. The topological polar surface area (TPSA) is 39.7 Å². The molecule has 0 amide bonds. The Morgan fingerprint density at radius 1 is 1.42 bits per heavy atom. The molecule has 0 bridgehead atoms. The molecule has 6 heteroatoms. The molecule has 0 aromatic carbocycles. The number of nitrogens with zero attached hydrogens (tertiary/aromatic N) is 2. The van der Waals surface area contributed by atoms with Crippen LogP contribution in [-0.4, -0.2) is 42.6 Å². The van der Waals surface area contributed by atoms with Gasteiger partial charge in [-0.3, -0.25) is 9.89 Å².